The van der Waals surface area contributed by atoms with Crippen molar-refractivity contribution in [3.63, 3.8) is 0 Å². The lowest BCUT2D eigenvalue weighted by atomic mass is 10.0. The van der Waals surface area contributed by atoms with Crippen LogP contribution in [-0.2, 0) is 17.4 Å². The SMILES string of the molecule is CCN(C)CCCc1cn(C(CC(C)C)C(N)=O)c(=O)cc1C(F)(F)F. The molecule has 0 saturated heterocycles. The number of primary amides is 1. The third kappa shape index (κ3) is 6.16. The van der Waals surface area contributed by atoms with Crippen LogP contribution in [0.2, 0.25) is 0 Å². The average molecular weight is 375 g/mol. The number of hydrogen-bond acceptors (Lipinski definition) is 3. The molecule has 0 spiro atoms. The lowest BCUT2D eigenvalue weighted by Gasteiger charge is -2.22. The Morgan fingerprint density at radius 2 is 1.96 bits per heavy atom. The van der Waals surface area contributed by atoms with Crippen LogP contribution in [0.15, 0.2) is 17.1 Å². The molecule has 0 fully saturated rings. The van der Waals surface area contributed by atoms with Crippen molar-refractivity contribution in [3.05, 3.63) is 33.7 Å². The molecule has 0 aromatic carbocycles. The van der Waals surface area contributed by atoms with E-state index in [-0.39, 0.29) is 17.9 Å². The molecule has 0 saturated carbocycles. The maximum absolute atomic E-state index is 13.3. The minimum Gasteiger partial charge on any atom is -0.368 e. The predicted octanol–water partition coefficient (Wildman–Crippen LogP) is 2.82. The molecule has 1 unspecified atom stereocenters. The number of alkyl halides is 3. The summed E-state index contributed by atoms with van der Waals surface area (Å²) in [5, 5.41) is 0. The van der Waals surface area contributed by atoms with E-state index in [1.54, 1.807) is 0 Å². The summed E-state index contributed by atoms with van der Waals surface area (Å²) in [6.45, 7) is 7.10. The van der Waals surface area contributed by atoms with Gasteiger partial charge < -0.3 is 15.2 Å². The molecule has 5 nitrogen and oxygen atoms in total. The number of rotatable bonds is 9. The summed E-state index contributed by atoms with van der Waals surface area (Å²) < 4.78 is 41.0. The van der Waals surface area contributed by atoms with Gasteiger partial charge in [0, 0.05) is 12.3 Å². The number of amides is 1. The fourth-order valence-corrected chi connectivity index (χ4v) is 2.81. The van der Waals surface area contributed by atoms with Crippen molar-refractivity contribution in [3.8, 4) is 0 Å². The van der Waals surface area contributed by atoms with Gasteiger partial charge in [0.05, 0.1) is 5.56 Å². The zero-order valence-electron chi connectivity index (χ0n) is 15.8. The van der Waals surface area contributed by atoms with E-state index in [1.165, 1.54) is 0 Å². The Bertz CT molecular complexity index is 669. The summed E-state index contributed by atoms with van der Waals surface area (Å²) in [5.41, 5.74) is 3.60. The molecule has 2 N–H and O–H groups in total. The molecular weight excluding hydrogens is 347 g/mol. The Labute approximate surface area is 152 Å². The molecule has 1 aromatic heterocycles. The van der Waals surface area contributed by atoms with Crippen molar-refractivity contribution in [1.29, 1.82) is 0 Å². The fourth-order valence-electron chi connectivity index (χ4n) is 2.81. The molecule has 26 heavy (non-hydrogen) atoms. The summed E-state index contributed by atoms with van der Waals surface area (Å²) in [5.74, 6) is -0.666. The van der Waals surface area contributed by atoms with Gasteiger partial charge in [0.1, 0.15) is 6.04 Å². The van der Waals surface area contributed by atoms with Gasteiger partial charge in [-0.3, -0.25) is 9.59 Å². The monoisotopic (exact) mass is 375 g/mol. The smallest absolute Gasteiger partial charge is 0.368 e. The van der Waals surface area contributed by atoms with Crippen molar-refractivity contribution in [2.45, 2.75) is 52.3 Å². The molecular formula is C18H28F3N3O2. The first-order chi connectivity index (χ1) is 12.0. The molecule has 1 rings (SSSR count). The van der Waals surface area contributed by atoms with E-state index in [9.17, 15) is 22.8 Å². The van der Waals surface area contributed by atoms with Crippen molar-refractivity contribution in [1.82, 2.24) is 9.47 Å². The quantitative estimate of drug-likeness (QED) is 0.722. The Kier molecular flexibility index (Phi) is 7.87. The minimum absolute atomic E-state index is 0.0107. The summed E-state index contributed by atoms with van der Waals surface area (Å²) in [4.78, 5) is 26.0. The number of nitrogens with two attached hydrogens (primary N) is 1. The summed E-state index contributed by atoms with van der Waals surface area (Å²) in [6, 6.07) is -0.378. The third-order valence-electron chi connectivity index (χ3n) is 4.35. The number of halogens is 3. The highest BCUT2D eigenvalue weighted by molar-refractivity contribution is 5.78. The van der Waals surface area contributed by atoms with E-state index < -0.39 is 29.2 Å². The van der Waals surface area contributed by atoms with Crippen LogP contribution in [0.4, 0.5) is 13.2 Å². The second kappa shape index (κ2) is 9.21. The number of hydrogen-bond donors (Lipinski definition) is 1. The predicted molar refractivity (Wildman–Crippen MR) is 94.9 cm³/mol. The molecule has 1 aromatic rings. The lowest BCUT2D eigenvalue weighted by molar-refractivity contribution is -0.138. The number of aryl methyl sites for hydroxylation is 1. The van der Waals surface area contributed by atoms with Crippen LogP contribution in [0, 0.1) is 5.92 Å². The molecule has 8 heteroatoms. The fraction of sp³-hybridized carbons (Fsp3) is 0.667. The van der Waals surface area contributed by atoms with Gasteiger partial charge in [-0.2, -0.15) is 13.2 Å². The largest absolute Gasteiger partial charge is 0.416 e. The standard InChI is InChI=1S/C18H28F3N3O2/c1-5-23(4)8-6-7-13-11-24(15(17(22)26)9-12(2)3)16(25)10-14(13)18(19,20)21/h10-12,15H,5-9H2,1-4H3,(H2,22,26). The highest BCUT2D eigenvalue weighted by atomic mass is 19.4. The van der Waals surface area contributed by atoms with Crippen LogP contribution in [0.5, 0.6) is 0 Å². The Morgan fingerprint density at radius 3 is 2.42 bits per heavy atom. The van der Waals surface area contributed by atoms with Crippen LogP contribution < -0.4 is 11.3 Å². The number of aromatic nitrogens is 1. The first-order valence-electron chi connectivity index (χ1n) is 8.77. The molecule has 0 aliphatic rings. The normalized spacial score (nSPS) is 13.4. The third-order valence-corrected chi connectivity index (χ3v) is 4.35. The van der Waals surface area contributed by atoms with Crippen LogP contribution in [0.3, 0.4) is 0 Å². The highest BCUT2D eigenvalue weighted by Crippen LogP contribution is 2.32. The van der Waals surface area contributed by atoms with Crippen LogP contribution in [0.25, 0.3) is 0 Å². The van der Waals surface area contributed by atoms with Crippen molar-refractivity contribution < 1.29 is 18.0 Å². The molecule has 1 heterocycles. The van der Waals surface area contributed by atoms with Gasteiger partial charge in [0.2, 0.25) is 5.91 Å². The van der Waals surface area contributed by atoms with Crippen molar-refractivity contribution in [2.75, 3.05) is 20.1 Å². The molecule has 1 atom stereocenters. The number of nitrogens with zero attached hydrogens (tertiary/aromatic N) is 2. The topological polar surface area (TPSA) is 68.3 Å². The second-order valence-corrected chi connectivity index (χ2v) is 7.00. The van der Waals surface area contributed by atoms with E-state index in [0.717, 1.165) is 17.3 Å². The van der Waals surface area contributed by atoms with Gasteiger partial charge in [-0.25, -0.2) is 0 Å². The second-order valence-electron chi connectivity index (χ2n) is 7.00. The van der Waals surface area contributed by atoms with Crippen LogP contribution in [-0.4, -0.2) is 35.5 Å². The average Bonchev–Trinajstić information content (AvgIpc) is 2.52. The van der Waals surface area contributed by atoms with E-state index in [0.29, 0.717) is 25.5 Å². The molecule has 0 radical (unpaired) electrons. The Balaban J connectivity index is 3.30. The molecule has 0 aliphatic heterocycles. The molecule has 148 valence electrons. The van der Waals surface area contributed by atoms with E-state index in [4.69, 9.17) is 5.73 Å². The zero-order valence-corrected chi connectivity index (χ0v) is 15.8. The Hall–Kier alpha value is -1.83. The van der Waals surface area contributed by atoms with E-state index >= 15 is 0 Å². The molecule has 0 aliphatic carbocycles. The first-order valence-corrected chi connectivity index (χ1v) is 8.77. The summed E-state index contributed by atoms with van der Waals surface area (Å²) >= 11 is 0. The lowest BCUT2D eigenvalue weighted by Crippen LogP contribution is -2.35. The number of carbonyl (C=O) groups excluding carboxylic acids is 1. The molecule has 1 amide bonds. The van der Waals surface area contributed by atoms with E-state index in [2.05, 4.69) is 0 Å². The maximum Gasteiger partial charge on any atom is 0.416 e. The first kappa shape index (κ1) is 22.2. The van der Waals surface area contributed by atoms with Gasteiger partial charge >= 0.3 is 6.18 Å². The van der Waals surface area contributed by atoms with Gasteiger partial charge in [-0.05, 0) is 50.9 Å². The summed E-state index contributed by atoms with van der Waals surface area (Å²) in [7, 11) is 1.89. The van der Waals surface area contributed by atoms with Gasteiger partial charge in [-0.15, -0.1) is 0 Å². The van der Waals surface area contributed by atoms with Crippen molar-refractivity contribution >= 4 is 5.91 Å². The van der Waals surface area contributed by atoms with Crippen LogP contribution >= 0.6 is 0 Å². The Morgan fingerprint density at radius 1 is 1.35 bits per heavy atom. The van der Waals surface area contributed by atoms with Crippen molar-refractivity contribution in [2.24, 2.45) is 11.7 Å². The summed E-state index contributed by atoms with van der Waals surface area (Å²) in [6.07, 6.45) is -2.50. The highest BCUT2D eigenvalue weighted by Gasteiger charge is 2.35. The number of carbonyl (C=O) groups is 1. The molecule has 0 bridgehead atoms. The van der Waals surface area contributed by atoms with E-state index in [1.807, 2.05) is 32.7 Å². The van der Waals surface area contributed by atoms with Gasteiger partial charge in [0.25, 0.3) is 5.56 Å². The van der Waals surface area contributed by atoms with Crippen LogP contribution in [0.1, 0.15) is 50.8 Å². The zero-order chi connectivity index (χ0) is 20.1. The van der Waals surface area contributed by atoms with Gasteiger partial charge in [0.15, 0.2) is 0 Å². The van der Waals surface area contributed by atoms with Gasteiger partial charge in [-0.1, -0.05) is 20.8 Å². The number of pyridine rings is 1. The minimum atomic E-state index is -4.62. The maximum atomic E-state index is 13.3.